The Morgan fingerprint density at radius 2 is 2.20 bits per heavy atom. The van der Waals surface area contributed by atoms with Gasteiger partial charge >= 0.3 is 0 Å². The number of benzene rings is 1. The fourth-order valence-corrected chi connectivity index (χ4v) is 1.71. The first kappa shape index (κ1) is 15.9. The Labute approximate surface area is 116 Å². The lowest BCUT2D eigenvalue weighted by atomic mass is 10.1. The van der Waals surface area contributed by atoms with E-state index in [1.165, 1.54) is 18.2 Å². The Balaban J connectivity index is 3.18. The Kier molecular flexibility index (Phi) is 5.92. The SMILES string of the molecule is CCOc1cccc([N+](=O)[O-])c1C(=O)N[C@@H](CC)CO. The van der Waals surface area contributed by atoms with Crippen molar-refractivity contribution in [2.24, 2.45) is 0 Å². The van der Waals surface area contributed by atoms with E-state index < -0.39 is 16.9 Å². The van der Waals surface area contributed by atoms with Crippen molar-refractivity contribution in [1.82, 2.24) is 5.32 Å². The molecule has 0 aromatic heterocycles. The summed E-state index contributed by atoms with van der Waals surface area (Å²) in [6, 6.07) is 3.77. The van der Waals surface area contributed by atoms with E-state index in [1.54, 1.807) is 13.8 Å². The summed E-state index contributed by atoms with van der Waals surface area (Å²) in [5.74, 6) is -0.464. The van der Waals surface area contributed by atoms with Crippen LogP contribution in [0.15, 0.2) is 18.2 Å². The summed E-state index contributed by atoms with van der Waals surface area (Å²) in [5, 5.41) is 22.7. The summed E-state index contributed by atoms with van der Waals surface area (Å²) in [6.07, 6.45) is 0.521. The number of rotatable bonds is 7. The van der Waals surface area contributed by atoms with Crippen molar-refractivity contribution in [2.45, 2.75) is 26.3 Å². The zero-order chi connectivity index (χ0) is 15.1. The molecule has 0 aliphatic rings. The van der Waals surface area contributed by atoms with Crippen LogP contribution in [0.3, 0.4) is 0 Å². The van der Waals surface area contributed by atoms with Crippen molar-refractivity contribution in [1.29, 1.82) is 0 Å². The molecule has 2 N–H and O–H groups in total. The van der Waals surface area contributed by atoms with Crippen LogP contribution in [0.4, 0.5) is 5.69 Å². The number of hydrogen-bond acceptors (Lipinski definition) is 5. The summed E-state index contributed by atoms with van der Waals surface area (Å²) in [7, 11) is 0. The molecule has 1 aromatic carbocycles. The summed E-state index contributed by atoms with van der Waals surface area (Å²) < 4.78 is 5.27. The molecule has 7 nitrogen and oxygen atoms in total. The normalized spacial score (nSPS) is 11.8. The van der Waals surface area contributed by atoms with Crippen molar-refractivity contribution in [2.75, 3.05) is 13.2 Å². The van der Waals surface area contributed by atoms with Crippen LogP contribution < -0.4 is 10.1 Å². The van der Waals surface area contributed by atoms with Gasteiger partial charge in [-0.2, -0.15) is 0 Å². The van der Waals surface area contributed by atoms with E-state index >= 15 is 0 Å². The number of nitro groups is 1. The molecule has 7 heteroatoms. The zero-order valence-corrected chi connectivity index (χ0v) is 11.5. The summed E-state index contributed by atoms with van der Waals surface area (Å²) in [6.45, 7) is 3.58. The van der Waals surface area contributed by atoms with Crippen molar-refractivity contribution in [3.63, 3.8) is 0 Å². The van der Waals surface area contributed by atoms with Gasteiger partial charge in [0.05, 0.1) is 24.2 Å². The van der Waals surface area contributed by atoms with Crippen LogP contribution >= 0.6 is 0 Å². The zero-order valence-electron chi connectivity index (χ0n) is 11.5. The lowest BCUT2D eigenvalue weighted by molar-refractivity contribution is -0.385. The largest absolute Gasteiger partial charge is 0.493 e. The third kappa shape index (κ3) is 3.67. The van der Waals surface area contributed by atoms with Gasteiger partial charge in [-0.05, 0) is 19.4 Å². The second-order valence-corrected chi connectivity index (χ2v) is 4.10. The molecule has 0 spiro atoms. The van der Waals surface area contributed by atoms with Crippen molar-refractivity contribution < 1.29 is 19.6 Å². The van der Waals surface area contributed by atoms with Crippen LogP contribution in [-0.2, 0) is 0 Å². The fourth-order valence-electron chi connectivity index (χ4n) is 1.71. The van der Waals surface area contributed by atoms with Crippen LogP contribution in [0.25, 0.3) is 0 Å². The Morgan fingerprint density at radius 3 is 2.70 bits per heavy atom. The summed E-state index contributed by atoms with van der Waals surface area (Å²) in [5.41, 5.74) is -0.438. The van der Waals surface area contributed by atoms with Gasteiger partial charge in [-0.15, -0.1) is 0 Å². The third-order valence-corrected chi connectivity index (χ3v) is 2.78. The number of carbonyl (C=O) groups is 1. The number of nitrogens with one attached hydrogen (secondary N) is 1. The Morgan fingerprint density at radius 1 is 1.50 bits per heavy atom. The van der Waals surface area contributed by atoms with Gasteiger partial charge in [-0.25, -0.2) is 0 Å². The minimum Gasteiger partial charge on any atom is -0.493 e. The van der Waals surface area contributed by atoms with Gasteiger partial charge in [0.1, 0.15) is 5.75 Å². The fraction of sp³-hybridized carbons (Fsp3) is 0.462. The molecular formula is C13H18N2O5. The molecule has 0 heterocycles. The number of aliphatic hydroxyl groups excluding tert-OH is 1. The van der Waals surface area contributed by atoms with Crippen LogP contribution in [0.2, 0.25) is 0 Å². The van der Waals surface area contributed by atoms with Crippen molar-refractivity contribution in [3.8, 4) is 5.75 Å². The van der Waals surface area contributed by atoms with Crippen molar-refractivity contribution >= 4 is 11.6 Å². The first-order valence-corrected chi connectivity index (χ1v) is 6.37. The molecular weight excluding hydrogens is 264 g/mol. The highest BCUT2D eigenvalue weighted by atomic mass is 16.6. The number of nitro benzene ring substituents is 1. The minimum atomic E-state index is -0.628. The van der Waals surface area contributed by atoms with Gasteiger partial charge in [-0.1, -0.05) is 13.0 Å². The van der Waals surface area contributed by atoms with Crippen LogP contribution in [-0.4, -0.2) is 35.2 Å². The maximum absolute atomic E-state index is 12.2. The van der Waals surface area contributed by atoms with E-state index in [1.807, 2.05) is 0 Å². The molecule has 1 atom stereocenters. The first-order chi connectivity index (χ1) is 9.54. The van der Waals surface area contributed by atoms with Gasteiger partial charge in [0.25, 0.3) is 11.6 Å². The maximum Gasteiger partial charge on any atom is 0.285 e. The van der Waals surface area contributed by atoms with Gasteiger partial charge in [0.2, 0.25) is 0 Å². The second-order valence-electron chi connectivity index (χ2n) is 4.10. The smallest absolute Gasteiger partial charge is 0.285 e. The number of carbonyl (C=O) groups excluding carboxylic acids is 1. The molecule has 1 aromatic rings. The predicted octanol–water partition coefficient (Wildman–Crippen LogP) is 1.49. The standard InChI is InChI=1S/C13H18N2O5/c1-3-9(8-16)14-13(17)12-10(15(18)19)6-5-7-11(12)20-4-2/h5-7,9,16H,3-4,8H2,1-2H3,(H,14,17)/t9-/m0/s1. The van der Waals surface area contributed by atoms with E-state index in [4.69, 9.17) is 9.84 Å². The van der Waals surface area contributed by atoms with Crippen molar-refractivity contribution in [3.05, 3.63) is 33.9 Å². The molecule has 0 unspecified atom stereocenters. The molecule has 0 aliphatic heterocycles. The van der Waals surface area contributed by atoms with Gasteiger partial charge in [-0.3, -0.25) is 14.9 Å². The molecule has 1 amide bonds. The average Bonchev–Trinajstić information content (AvgIpc) is 2.44. The molecule has 0 aliphatic carbocycles. The number of hydrogen-bond donors (Lipinski definition) is 2. The van der Waals surface area contributed by atoms with Crippen LogP contribution in [0.1, 0.15) is 30.6 Å². The predicted molar refractivity (Wildman–Crippen MR) is 72.9 cm³/mol. The van der Waals surface area contributed by atoms with E-state index in [-0.39, 0.29) is 23.6 Å². The van der Waals surface area contributed by atoms with E-state index in [0.29, 0.717) is 13.0 Å². The molecule has 20 heavy (non-hydrogen) atoms. The molecule has 0 bridgehead atoms. The monoisotopic (exact) mass is 282 g/mol. The van der Waals surface area contributed by atoms with E-state index in [0.717, 1.165) is 0 Å². The second kappa shape index (κ2) is 7.44. The Hall–Kier alpha value is -2.15. The van der Waals surface area contributed by atoms with E-state index in [2.05, 4.69) is 5.32 Å². The van der Waals surface area contributed by atoms with Gasteiger partial charge in [0, 0.05) is 6.07 Å². The average molecular weight is 282 g/mol. The van der Waals surface area contributed by atoms with E-state index in [9.17, 15) is 14.9 Å². The Bertz CT molecular complexity index is 486. The van der Waals surface area contributed by atoms with Gasteiger partial charge < -0.3 is 15.2 Å². The molecule has 0 saturated heterocycles. The topological polar surface area (TPSA) is 102 Å². The number of amides is 1. The number of ether oxygens (including phenoxy) is 1. The molecule has 1 rings (SSSR count). The number of aliphatic hydroxyl groups is 1. The summed E-state index contributed by atoms with van der Waals surface area (Å²) in [4.78, 5) is 22.6. The van der Waals surface area contributed by atoms with Crippen LogP contribution in [0.5, 0.6) is 5.75 Å². The third-order valence-electron chi connectivity index (χ3n) is 2.78. The molecule has 0 radical (unpaired) electrons. The highest BCUT2D eigenvalue weighted by molar-refractivity contribution is 6.01. The lowest BCUT2D eigenvalue weighted by Gasteiger charge is -2.15. The molecule has 110 valence electrons. The lowest BCUT2D eigenvalue weighted by Crippen LogP contribution is -2.37. The van der Waals surface area contributed by atoms with Crippen LogP contribution in [0, 0.1) is 10.1 Å². The summed E-state index contributed by atoms with van der Waals surface area (Å²) >= 11 is 0. The first-order valence-electron chi connectivity index (χ1n) is 6.37. The molecule has 0 fully saturated rings. The number of nitrogens with zero attached hydrogens (tertiary/aromatic N) is 1. The molecule has 0 saturated carbocycles. The van der Waals surface area contributed by atoms with Gasteiger partial charge in [0.15, 0.2) is 5.56 Å². The quantitative estimate of drug-likeness (QED) is 0.582. The highest BCUT2D eigenvalue weighted by Crippen LogP contribution is 2.28. The minimum absolute atomic E-state index is 0.119. The maximum atomic E-state index is 12.2. The highest BCUT2D eigenvalue weighted by Gasteiger charge is 2.26.